The maximum atomic E-state index is 10.2. The van der Waals surface area contributed by atoms with E-state index in [-0.39, 0.29) is 6.10 Å². The van der Waals surface area contributed by atoms with Crippen LogP contribution in [0, 0.1) is 40.4 Å². The molecule has 4 aliphatic rings. The molecule has 0 bridgehead atoms. The van der Waals surface area contributed by atoms with Gasteiger partial charge < -0.3 is 5.11 Å². The van der Waals surface area contributed by atoms with Crippen LogP contribution in [-0.4, -0.2) is 11.2 Å². The molecule has 2 fully saturated rings. The smallest absolute Gasteiger partial charge is 0.0543 e. The summed E-state index contributed by atoms with van der Waals surface area (Å²) in [5, 5.41) is 10.2. The number of hydrogen-bond donors (Lipinski definition) is 1. The monoisotopic (exact) mass is 396 g/mol. The molecular weight excluding hydrogens is 352 g/mol. The van der Waals surface area contributed by atoms with Gasteiger partial charge in [0.2, 0.25) is 0 Å². The van der Waals surface area contributed by atoms with Crippen molar-refractivity contribution in [2.45, 2.75) is 98.5 Å². The molecular formula is C28H44O. The van der Waals surface area contributed by atoms with Gasteiger partial charge in [0.15, 0.2) is 0 Å². The second-order valence-electron chi connectivity index (χ2n) is 11.8. The first-order valence-electron chi connectivity index (χ1n) is 12.4. The van der Waals surface area contributed by atoms with Gasteiger partial charge in [0.25, 0.3) is 0 Å². The average Bonchev–Trinajstić information content (AvgIpc) is 3.03. The van der Waals surface area contributed by atoms with Crippen molar-refractivity contribution in [1.29, 1.82) is 0 Å². The van der Waals surface area contributed by atoms with E-state index >= 15 is 0 Å². The van der Waals surface area contributed by atoms with Crippen LogP contribution in [0.3, 0.4) is 0 Å². The van der Waals surface area contributed by atoms with Gasteiger partial charge in [-0.25, -0.2) is 0 Å². The summed E-state index contributed by atoms with van der Waals surface area (Å²) in [5.41, 5.74) is 5.57. The third kappa shape index (κ3) is 3.50. The van der Waals surface area contributed by atoms with Crippen molar-refractivity contribution < 1.29 is 5.11 Å². The lowest BCUT2D eigenvalue weighted by Gasteiger charge is -2.53. The summed E-state index contributed by atoms with van der Waals surface area (Å²) < 4.78 is 0. The minimum Gasteiger partial charge on any atom is -0.393 e. The molecule has 1 heteroatoms. The van der Waals surface area contributed by atoms with Crippen molar-refractivity contribution in [2.75, 3.05) is 0 Å². The van der Waals surface area contributed by atoms with Crippen LogP contribution in [0.1, 0.15) is 92.4 Å². The largest absolute Gasteiger partial charge is 0.393 e. The van der Waals surface area contributed by atoms with Crippen LogP contribution in [0.2, 0.25) is 0 Å². The van der Waals surface area contributed by atoms with E-state index in [0.717, 1.165) is 30.6 Å². The summed E-state index contributed by atoms with van der Waals surface area (Å²) >= 11 is 0. The fourth-order valence-corrected chi connectivity index (χ4v) is 7.71. The van der Waals surface area contributed by atoms with Crippen LogP contribution in [0.4, 0.5) is 0 Å². The normalized spacial score (nSPS) is 42.4. The van der Waals surface area contributed by atoms with Crippen molar-refractivity contribution in [2.24, 2.45) is 40.4 Å². The summed E-state index contributed by atoms with van der Waals surface area (Å²) in [4.78, 5) is 0. The maximum absolute atomic E-state index is 10.2. The number of fused-ring (bicyclic) bond motifs is 5. The summed E-state index contributed by atoms with van der Waals surface area (Å²) in [6.07, 6.45) is 16.1. The van der Waals surface area contributed by atoms with E-state index in [2.05, 4.69) is 53.3 Å². The van der Waals surface area contributed by atoms with Crippen LogP contribution >= 0.6 is 0 Å². The van der Waals surface area contributed by atoms with Gasteiger partial charge in [-0.05, 0) is 109 Å². The fourth-order valence-electron chi connectivity index (χ4n) is 7.71. The summed E-state index contributed by atoms with van der Waals surface area (Å²) in [6, 6.07) is 0. The lowest BCUT2D eigenvalue weighted by Crippen LogP contribution is -2.44. The summed E-state index contributed by atoms with van der Waals surface area (Å²) in [6.45, 7) is 16.5. The second-order valence-corrected chi connectivity index (χ2v) is 11.8. The van der Waals surface area contributed by atoms with Crippen LogP contribution in [0.25, 0.3) is 0 Å². The SMILES string of the molecule is C=C(CC[C@@H](C)[C@H]1CC[C@H]2C3=CC[C@H]4C[C@@H](O)CC[C@]4(C)C3=CC[C@]12C)C(C)C. The van der Waals surface area contributed by atoms with Gasteiger partial charge in [0, 0.05) is 0 Å². The van der Waals surface area contributed by atoms with E-state index in [4.69, 9.17) is 0 Å². The van der Waals surface area contributed by atoms with Gasteiger partial charge in [-0.15, -0.1) is 0 Å². The number of hydrogen-bond acceptors (Lipinski definition) is 1. The Bertz CT molecular complexity index is 712. The molecule has 0 aromatic rings. The lowest BCUT2D eigenvalue weighted by molar-refractivity contribution is 0.0310. The highest BCUT2D eigenvalue weighted by molar-refractivity contribution is 5.46. The standard InChI is InChI=1S/C28H44O/c1-18(2)19(3)7-8-20(4)24-11-12-25-23-10-9-21-17-22(29)13-15-27(21,5)26(23)14-16-28(24,25)6/h10,14,18,20-22,24-25,29H,3,7-9,11-13,15-17H2,1-2,4-6H3/t20-,21+,22+,24-,25+,27+,28-/m1/s1. The van der Waals surface area contributed by atoms with E-state index in [1.54, 1.807) is 11.1 Å². The quantitative estimate of drug-likeness (QED) is 0.478. The highest BCUT2D eigenvalue weighted by Gasteiger charge is 2.55. The van der Waals surface area contributed by atoms with Crippen LogP contribution in [0.15, 0.2) is 35.5 Å². The van der Waals surface area contributed by atoms with E-state index in [1.165, 1.54) is 50.5 Å². The molecule has 162 valence electrons. The van der Waals surface area contributed by atoms with Crippen LogP contribution in [-0.2, 0) is 0 Å². The molecule has 0 heterocycles. The van der Waals surface area contributed by atoms with Crippen molar-refractivity contribution in [3.8, 4) is 0 Å². The molecule has 4 aliphatic carbocycles. The highest BCUT2D eigenvalue weighted by Crippen LogP contribution is 2.65. The minimum atomic E-state index is -0.0743. The van der Waals surface area contributed by atoms with Gasteiger partial charge in [0.1, 0.15) is 0 Å². The molecule has 4 rings (SSSR count). The molecule has 0 aromatic carbocycles. The first-order chi connectivity index (χ1) is 13.7. The molecule has 29 heavy (non-hydrogen) atoms. The van der Waals surface area contributed by atoms with Crippen molar-refractivity contribution in [1.82, 2.24) is 0 Å². The van der Waals surface area contributed by atoms with E-state index in [9.17, 15) is 5.11 Å². The molecule has 0 unspecified atom stereocenters. The Morgan fingerprint density at radius 3 is 2.66 bits per heavy atom. The predicted octanol–water partition coefficient (Wildman–Crippen LogP) is 7.47. The zero-order chi connectivity index (χ0) is 21.0. The number of aliphatic hydroxyl groups excluding tert-OH is 1. The van der Waals surface area contributed by atoms with E-state index < -0.39 is 0 Å². The first kappa shape index (κ1) is 21.4. The Morgan fingerprint density at radius 2 is 1.93 bits per heavy atom. The number of rotatable bonds is 5. The van der Waals surface area contributed by atoms with Gasteiger partial charge in [-0.3, -0.25) is 0 Å². The van der Waals surface area contributed by atoms with Gasteiger partial charge in [0.05, 0.1) is 6.10 Å². The molecule has 0 saturated heterocycles. The molecule has 0 spiro atoms. The van der Waals surface area contributed by atoms with E-state index in [0.29, 0.717) is 22.7 Å². The first-order valence-corrected chi connectivity index (χ1v) is 12.4. The fraction of sp³-hybridized carbons (Fsp3) is 0.786. The number of aliphatic hydroxyl groups is 1. The molecule has 1 nitrogen and oxygen atoms in total. The lowest BCUT2D eigenvalue weighted by atomic mass is 9.51. The van der Waals surface area contributed by atoms with Crippen molar-refractivity contribution in [3.63, 3.8) is 0 Å². The molecule has 2 saturated carbocycles. The van der Waals surface area contributed by atoms with Crippen molar-refractivity contribution >= 4 is 0 Å². The van der Waals surface area contributed by atoms with Crippen LogP contribution in [0.5, 0.6) is 0 Å². The van der Waals surface area contributed by atoms with Gasteiger partial charge >= 0.3 is 0 Å². The Kier molecular flexibility index (Phi) is 5.69. The zero-order valence-electron chi connectivity index (χ0n) is 19.6. The second kappa shape index (κ2) is 7.70. The highest BCUT2D eigenvalue weighted by atomic mass is 16.3. The molecule has 0 aromatic heterocycles. The Balaban J connectivity index is 1.54. The Morgan fingerprint density at radius 1 is 1.17 bits per heavy atom. The van der Waals surface area contributed by atoms with E-state index in [1.807, 2.05) is 0 Å². The molecule has 0 aliphatic heterocycles. The topological polar surface area (TPSA) is 20.2 Å². The minimum absolute atomic E-state index is 0.0743. The predicted molar refractivity (Wildman–Crippen MR) is 124 cm³/mol. The zero-order valence-corrected chi connectivity index (χ0v) is 19.6. The van der Waals surface area contributed by atoms with Gasteiger partial charge in [-0.1, -0.05) is 58.9 Å². The molecule has 0 radical (unpaired) electrons. The third-order valence-corrected chi connectivity index (χ3v) is 9.96. The Labute approximate surface area is 179 Å². The average molecular weight is 397 g/mol. The molecule has 0 amide bonds. The third-order valence-electron chi connectivity index (χ3n) is 9.96. The maximum Gasteiger partial charge on any atom is 0.0543 e. The molecule has 7 atom stereocenters. The van der Waals surface area contributed by atoms with Crippen LogP contribution < -0.4 is 0 Å². The summed E-state index contributed by atoms with van der Waals surface area (Å²) in [7, 11) is 0. The van der Waals surface area contributed by atoms with Gasteiger partial charge in [-0.2, -0.15) is 0 Å². The Hall–Kier alpha value is -0.820. The molecule has 1 N–H and O–H groups in total. The summed E-state index contributed by atoms with van der Waals surface area (Å²) in [5.74, 6) is 3.64. The van der Waals surface area contributed by atoms with Crippen molar-refractivity contribution in [3.05, 3.63) is 35.5 Å². The number of allylic oxidation sites excluding steroid dienone is 5.